The van der Waals surface area contributed by atoms with Gasteiger partial charge >= 0.3 is 49.8 Å². The van der Waals surface area contributed by atoms with Crippen LogP contribution < -0.4 is 41.4 Å². The minimum Gasteiger partial charge on any atom is -1.00 e. The van der Waals surface area contributed by atoms with Gasteiger partial charge in [0.2, 0.25) is 0 Å². The Bertz CT molecular complexity index is 966. The van der Waals surface area contributed by atoms with Crippen molar-refractivity contribution in [3.63, 3.8) is 0 Å². The van der Waals surface area contributed by atoms with Crippen LogP contribution in [-0.4, -0.2) is 16.8 Å². The molecule has 0 radical (unpaired) electrons. The van der Waals surface area contributed by atoms with Crippen LogP contribution in [0.3, 0.4) is 0 Å². The van der Waals surface area contributed by atoms with Crippen LogP contribution in [0.5, 0.6) is 0 Å². The summed E-state index contributed by atoms with van der Waals surface area (Å²) in [5.74, 6) is 9.52. The minimum atomic E-state index is -4.55. The molecule has 25 heavy (non-hydrogen) atoms. The van der Waals surface area contributed by atoms with Gasteiger partial charge in [-0.15, -0.1) is 0 Å². The minimum absolute atomic E-state index is 0. The third kappa shape index (κ3) is 5.20. The molecular weight excluding hydrogens is 379 g/mol. The van der Waals surface area contributed by atoms with Crippen molar-refractivity contribution in [2.45, 2.75) is 9.79 Å². The average Bonchev–Trinajstić information content (AvgIpc) is 2.60. The van der Waals surface area contributed by atoms with Crippen LogP contribution in [-0.2, 0) is 28.8 Å². The Balaban J connectivity index is 0.00000312. The van der Waals surface area contributed by atoms with Crippen LogP contribution in [0.25, 0.3) is 12.2 Å². The smallest absolute Gasteiger partial charge is 1.00 e. The topological polar surface area (TPSA) is 139 Å². The third-order valence-corrected chi connectivity index (χ3v) is 5.51. The molecule has 2 aromatic carbocycles. The summed E-state index contributed by atoms with van der Waals surface area (Å²) in [4.78, 5) is -1.34. The summed E-state index contributed by atoms with van der Waals surface area (Å²) in [5.41, 5.74) is 0.820. The van der Waals surface area contributed by atoms with Crippen LogP contribution in [0.1, 0.15) is 12.6 Å². The van der Waals surface area contributed by atoms with Crippen molar-refractivity contribution in [2.75, 3.05) is 0 Å². The zero-order valence-electron chi connectivity index (χ0n) is 14.2. The van der Waals surface area contributed by atoms with Crippen molar-refractivity contribution < 1.29 is 56.4 Å². The first kappa shape index (κ1) is 22.0. The molecule has 2 rings (SSSR count). The second-order valence-corrected chi connectivity index (χ2v) is 7.57. The average molecular weight is 394 g/mol. The summed E-state index contributed by atoms with van der Waals surface area (Å²) in [7, 11) is -9.04. The maximum absolute atomic E-state index is 12.1. The Kier molecular flexibility index (Phi) is 7.93. The predicted molar refractivity (Wildman–Crippen MR) is 87.8 cm³/mol. The van der Waals surface area contributed by atoms with Crippen molar-refractivity contribution in [2.24, 2.45) is 11.8 Å². The second-order valence-electron chi connectivity index (χ2n) is 4.52. The summed E-state index contributed by atoms with van der Waals surface area (Å²) < 4.78 is 55.8. The third-order valence-electron chi connectivity index (χ3n) is 3.04. The molecule has 0 amide bonds. The van der Waals surface area contributed by atoms with E-state index in [1.807, 2.05) is 6.07 Å². The molecule has 0 aliphatic heterocycles. The molecule has 130 valence electrons. The molecule has 4 N–H and O–H groups in total. The van der Waals surface area contributed by atoms with Crippen molar-refractivity contribution in [1.29, 1.82) is 0 Å². The number of benzene rings is 2. The predicted octanol–water partition coefficient (Wildman–Crippen LogP) is -1.87. The van der Waals surface area contributed by atoms with E-state index in [2.05, 4.69) is 8.57 Å². The molecule has 0 atom stereocenters. The summed E-state index contributed by atoms with van der Waals surface area (Å²) in [6, 6.07) is 12.7. The van der Waals surface area contributed by atoms with E-state index < -0.39 is 30.0 Å². The molecule has 0 aliphatic rings. The van der Waals surface area contributed by atoms with E-state index in [1.54, 1.807) is 30.3 Å². The zero-order valence-corrected chi connectivity index (χ0v) is 16.8. The summed E-state index contributed by atoms with van der Waals surface area (Å²) in [6.45, 7) is 0. The van der Waals surface area contributed by atoms with E-state index in [0.29, 0.717) is 0 Å². The van der Waals surface area contributed by atoms with E-state index in [0.717, 1.165) is 11.6 Å². The molecule has 0 spiro atoms. The van der Waals surface area contributed by atoms with E-state index in [1.165, 1.54) is 18.2 Å². The van der Waals surface area contributed by atoms with Crippen LogP contribution in [0, 0.1) is 0 Å². The first-order valence-electron chi connectivity index (χ1n) is 6.45. The molecule has 0 heterocycles. The number of hydrogen-bond acceptors (Lipinski definition) is 8. The molecule has 0 aliphatic carbocycles. The number of nitrogens with two attached hydrogens (primary N) is 2. The molecule has 0 fully saturated rings. The first-order valence-corrected chi connectivity index (χ1v) is 9.26. The van der Waals surface area contributed by atoms with Crippen molar-refractivity contribution in [3.8, 4) is 0 Å². The van der Waals surface area contributed by atoms with Crippen molar-refractivity contribution >= 4 is 32.4 Å². The van der Waals surface area contributed by atoms with Crippen molar-refractivity contribution in [3.05, 3.63) is 59.7 Å². The van der Waals surface area contributed by atoms with E-state index >= 15 is 0 Å². The second kappa shape index (κ2) is 9.03. The molecule has 0 unspecified atom stereocenters. The Hall–Kier alpha value is -1.08. The first-order chi connectivity index (χ1) is 11.3. The van der Waals surface area contributed by atoms with E-state index in [-0.39, 0.29) is 36.5 Å². The molecule has 0 bridgehead atoms. The van der Waals surface area contributed by atoms with Crippen LogP contribution in [0.4, 0.5) is 0 Å². The fourth-order valence-corrected chi connectivity index (χ4v) is 4.12. The molecule has 0 saturated carbocycles. The van der Waals surface area contributed by atoms with Gasteiger partial charge in [-0.1, -0.05) is 54.6 Å². The maximum Gasteiger partial charge on any atom is 1.00 e. The van der Waals surface area contributed by atoms with Crippen LogP contribution >= 0.6 is 0 Å². The molecule has 8 nitrogen and oxygen atoms in total. The monoisotopic (exact) mass is 394 g/mol. The van der Waals surface area contributed by atoms with Gasteiger partial charge < -0.3 is 1.43 Å². The zero-order chi connectivity index (χ0) is 17.8. The maximum atomic E-state index is 12.1. The number of rotatable bonds is 6. The van der Waals surface area contributed by atoms with Gasteiger partial charge in [0, 0.05) is 0 Å². The normalized spacial score (nSPS) is 12.1. The fraction of sp³-hybridized carbons (Fsp3) is 0. The quantitative estimate of drug-likeness (QED) is 0.330. The SMILES string of the molecule is NOS(=O)(=O)c1cccc(C=Cc2ccccc2)c1S(=O)(=O)ON.[H-].[Na+]. The van der Waals surface area contributed by atoms with Gasteiger partial charge in [-0.05, 0) is 17.2 Å². The Morgan fingerprint density at radius 3 is 1.96 bits per heavy atom. The van der Waals surface area contributed by atoms with Gasteiger partial charge in [0.05, 0.1) is 0 Å². The van der Waals surface area contributed by atoms with Gasteiger partial charge in [0.25, 0.3) is 0 Å². The van der Waals surface area contributed by atoms with Crippen LogP contribution in [0.15, 0.2) is 58.3 Å². The standard InChI is InChI=1S/C14H14N2O6S2.Na.H/c15-21-23(17,18)13-8-4-7-12(14(13)24(19,20)22-16)10-9-11-5-2-1-3-6-11;;/h1-10H,15-16H2;;/q;+1;-1. The summed E-state index contributed by atoms with van der Waals surface area (Å²) >= 11 is 0. The van der Waals surface area contributed by atoms with Crippen LogP contribution in [0.2, 0.25) is 0 Å². The van der Waals surface area contributed by atoms with Gasteiger partial charge in [-0.3, -0.25) is 0 Å². The fourth-order valence-electron chi connectivity index (χ4n) is 1.98. The van der Waals surface area contributed by atoms with Gasteiger partial charge in [-0.2, -0.15) is 37.2 Å². The van der Waals surface area contributed by atoms with E-state index in [9.17, 15) is 16.8 Å². The van der Waals surface area contributed by atoms with Gasteiger partial charge in [0.15, 0.2) is 0 Å². The molecule has 0 saturated heterocycles. The Morgan fingerprint density at radius 1 is 0.800 bits per heavy atom. The van der Waals surface area contributed by atoms with Gasteiger partial charge in [-0.25, -0.2) is 0 Å². The Morgan fingerprint density at radius 2 is 1.40 bits per heavy atom. The summed E-state index contributed by atoms with van der Waals surface area (Å²) in [6.07, 6.45) is 3.02. The summed E-state index contributed by atoms with van der Waals surface area (Å²) in [5, 5.41) is 0. The Labute approximate surface area is 169 Å². The number of hydrogen-bond donors (Lipinski definition) is 2. The largest absolute Gasteiger partial charge is 1.00 e. The molecular formula is C14H15N2NaO6S2. The van der Waals surface area contributed by atoms with Gasteiger partial charge in [0.1, 0.15) is 9.79 Å². The molecule has 0 aromatic heterocycles. The van der Waals surface area contributed by atoms with E-state index in [4.69, 9.17) is 11.8 Å². The molecule has 11 heteroatoms. The molecule has 2 aromatic rings. The van der Waals surface area contributed by atoms with Crippen molar-refractivity contribution in [1.82, 2.24) is 0 Å².